The van der Waals surface area contributed by atoms with Crippen LogP contribution in [0.4, 0.5) is 18.9 Å². The maximum atomic E-state index is 12.6. The molecule has 0 aliphatic heterocycles. The van der Waals surface area contributed by atoms with Gasteiger partial charge in [-0.25, -0.2) is 4.79 Å². The van der Waals surface area contributed by atoms with Gasteiger partial charge in [-0.3, -0.25) is 9.48 Å². The van der Waals surface area contributed by atoms with Crippen molar-refractivity contribution in [2.75, 3.05) is 5.32 Å². The van der Waals surface area contributed by atoms with Crippen molar-refractivity contribution in [3.8, 4) is 0 Å². The van der Waals surface area contributed by atoms with Gasteiger partial charge in [0.25, 0.3) is 0 Å². The Hall–Kier alpha value is -2.84. The monoisotopic (exact) mass is 383 g/mol. The number of benzene rings is 1. The van der Waals surface area contributed by atoms with Gasteiger partial charge in [-0.15, -0.1) is 0 Å². The lowest BCUT2D eigenvalue weighted by molar-refractivity contribution is -0.146. The summed E-state index contributed by atoms with van der Waals surface area (Å²) in [5.74, 6) is -1.72. The van der Waals surface area contributed by atoms with Gasteiger partial charge in [0.1, 0.15) is 0 Å². The van der Waals surface area contributed by atoms with Gasteiger partial charge in [0, 0.05) is 12.6 Å². The Morgan fingerprint density at radius 2 is 1.81 bits per heavy atom. The van der Waals surface area contributed by atoms with Crippen LogP contribution in [0.3, 0.4) is 0 Å². The zero-order valence-corrected chi connectivity index (χ0v) is 15.0. The molecule has 27 heavy (non-hydrogen) atoms. The van der Waals surface area contributed by atoms with E-state index in [1.54, 1.807) is 6.92 Å². The Morgan fingerprint density at radius 3 is 2.33 bits per heavy atom. The molecule has 0 aliphatic carbocycles. The van der Waals surface area contributed by atoms with E-state index in [0.29, 0.717) is 11.3 Å². The van der Waals surface area contributed by atoms with Gasteiger partial charge in [-0.1, -0.05) is 19.1 Å². The fourth-order valence-electron chi connectivity index (χ4n) is 2.40. The molecule has 2 N–H and O–H groups in total. The van der Waals surface area contributed by atoms with E-state index < -0.39 is 23.2 Å². The van der Waals surface area contributed by atoms with Crippen molar-refractivity contribution in [1.82, 2.24) is 9.78 Å². The first-order valence-electron chi connectivity index (χ1n) is 8.17. The predicted octanol–water partition coefficient (Wildman–Crippen LogP) is 3.85. The van der Waals surface area contributed by atoms with Crippen molar-refractivity contribution in [3.05, 3.63) is 47.8 Å². The number of carbonyl (C=O) groups excluding carboxylic acids is 1. The number of carboxylic acid groups (broad SMARTS) is 1. The predicted molar refractivity (Wildman–Crippen MR) is 92.3 cm³/mol. The molecular formula is C18H20F3N3O3. The van der Waals surface area contributed by atoms with Crippen molar-refractivity contribution in [1.29, 1.82) is 0 Å². The zero-order chi connectivity index (χ0) is 20.4. The number of nitrogens with one attached hydrogen (secondary N) is 1. The lowest BCUT2D eigenvalue weighted by Crippen LogP contribution is -2.35. The largest absolute Gasteiger partial charge is 0.479 e. The minimum absolute atomic E-state index is 0.0544. The fourth-order valence-corrected chi connectivity index (χ4v) is 2.40. The molecule has 1 atom stereocenters. The highest BCUT2D eigenvalue weighted by Crippen LogP contribution is 2.30. The van der Waals surface area contributed by atoms with Crippen LogP contribution in [-0.4, -0.2) is 26.8 Å². The van der Waals surface area contributed by atoms with Crippen molar-refractivity contribution in [2.45, 2.75) is 44.8 Å². The van der Waals surface area contributed by atoms with E-state index in [1.807, 2.05) is 0 Å². The molecule has 2 rings (SSSR count). The Bertz CT molecular complexity index is 826. The third-order valence-electron chi connectivity index (χ3n) is 4.26. The van der Waals surface area contributed by atoms with Crippen LogP contribution in [0.25, 0.3) is 0 Å². The number of alkyl halides is 3. The standard InChI is InChI=1S/C18H20F3N3O3/c1-11(12-4-6-13(7-5-12)18(19,20)21)8-15(25)23-14-9-22-24(10-14)17(2,3)16(26)27/h4-7,9-11H,8H2,1-3H3,(H,23,25)(H,26,27). The number of halogens is 3. The minimum atomic E-state index is -4.40. The maximum Gasteiger partial charge on any atom is 0.416 e. The van der Waals surface area contributed by atoms with E-state index in [-0.39, 0.29) is 18.2 Å². The molecule has 1 unspecified atom stereocenters. The van der Waals surface area contributed by atoms with Gasteiger partial charge < -0.3 is 10.4 Å². The Labute approximate surface area is 154 Å². The van der Waals surface area contributed by atoms with Gasteiger partial charge in [-0.2, -0.15) is 18.3 Å². The molecule has 0 radical (unpaired) electrons. The molecule has 0 spiro atoms. The number of hydrogen-bond donors (Lipinski definition) is 2. The second kappa shape index (κ2) is 7.42. The van der Waals surface area contributed by atoms with Crippen LogP contribution in [0.2, 0.25) is 0 Å². The number of nitrogens with zero attached hydrogens (tertiary/aromatic N) is 2. The first-order valence-corrected chi connectivity index (χ1v) is 8.17. The third-order valence-corrected chi connectivity index (χ3v) is 4.26. The quantitative estimate of drug-likeness (QED) is 0.794. The number of aromatic nitrogens is 2. The summed E-state index contributed by atoms with van der Waals surface area (Å²) in [6, 6.07) is 4.69. The van der Waals surface area contributed by atoms with Crippen LogP contribution >= 0.6 is 0 Å². The number of carbonyl (C=O) groups is 2. The van der Waals surface area contributed by atoms with Crippen molar-refractivity contribution in [3.63, 3.8) is 0 Å². The Morgan fingerprint density at radius 1 is 1.22 bits per heavy atom. The number of anilines is 1. The molecule has 1 aromatic carbocycles. The molecule has 0 aliphatic rings. The molecular weight excluding hydrogens is 363 g/mol. The summed E-state index contributed by atoms with van der Waals surface area (Å²) in [5, 5.41) is 15.7. The average Bonchev–Trinajstić information content (AvgIpc) is 3.03. The van der Waals surface area contributed by atoms with E-state index in [2.05, 4.69) is 10.4 Å². The van der Waals surface area contributed by atoms with Crippen LogP contribution in [0.15, 0.2) is 36.7 Å². The summed E-state index contributed by atoms with van der Waals surface area (Å²) < 4.78 is 39.0. The smallest absolute Gasteiger partial charge is 0.416 e. The number of rotatable bonds is 6. The third kappa shape index (κ3) is 4.87. The molecule has 0 saturated heterocycles. The highest BCUT2D eigenvalue weighted by Gasteiger charge is 2.31. The molecule has 9 heteroatoms. The highest BCUT2D eigenvalue weighted by atomic mass is 19.4. The number of hydrogen-bond acceptors (Lipinski definition) is 3. The van der Waals surface area contributed by atoms with E-state index in [1.165, 1.54) is 43.1 Å². The second-order valence-electron chi connectivity index (χ2n) is 6.81. The molecule has 0 fully saturated rings. The first kappa shape index (κ1) is 20.5. The molecule has 6 nitrogen and oxygen atoms in total. The van der Waals surface area contributed by atoms with Gasteiger partial charge >= 0.3 is 12.1 Å². The van der Waals surface area contributed by atoms with Gasteiger partial charge in [0.05, 0.1) is 17.4 Å². The number of carboxylic acids is 1. The molecule has 0 saturated carbocycles. The van der Waals surface area contributed by atoms with E-state index >= 15 is 0 Å². The average molecular weight is 383 g/mol. The highest BCUT2D eigenvalue weighted by molar-refractivity contribution is 5.91. The fraction of sp³-hybridized carbons (Fsp3) is 0.389. The molecule has 2 aromatic rings. The van der Waals surface area contributed by atoms with Gasteiger partial charge in [0.2, 0.25) is 5.91 Å². The minimum Gasteiger partial charge on any atom is -0.479 e. The van der Waals surface area contributed by atoms with Crippen LogP contribution in [-0.2, 0) is 21.3 Å². The van der Waals surface area contributed by atoms with Crippen molar-refractivity contribution < 1.29 is 27.9 Å². The van der Waals surface area contributed by atoms with Gasteiger partial charge in [-0.05, 0) is 37.5 Å². The lowest BCUT2D eigenvalue weighted by Gasteiger charge is -2.19. The molecule has 1 amide bonds. The summed E-state index contributed by atoms with van der Waals surface area (Å²) in [6.07, 6.45) is -1.60. The number of aliphatic carboxylic acids is 1. The topological polar surface area (TPSA) is 84.2 Å². The first-order chi connectivity index (χ1) is 12.4. The molecule has 146 valence electrons. The number of amides is 1. The van der Waals surface area contributed by atoms with Crippen LogP contribution in [0.1, 0.15) is 44.2 Å². The Kier molecular flexibility index (Phi) is 5.62. The summed E-state index contributed by atoms with van der Waals surface area (Å²) >= 11 is 0. The van der Waals surface area contributed by atoms with Crippen LogP contribution in [0.5, 0.6) is 0 Å². The maximum absolute atomic E-state index is 12.6. The zero-order valence-electron chi connectivity index (χ0n) is 15.0. The molecule has 1 heterocycles. The normalized spacial score (nSPS) is 13.3. The SMILES string of the molecule is CC(CC(=O)Nc1cnn(C(C)(C)C(=O)O)c1)c1ccc(C(F)(F)F)cc1. The van der Waals surface area contributed by atoms with Gasteiger partial charge in [0.15, 0.2) is 5.54 Å². The van der Waals surface area contributed by atoms with Crippen molar-refractivity contribution in [2.24, 2.45) is 0 Å². The van der Waals surface area contributed by atoms with E-state index in [9.17, 15) is 27.9 Å². The summed E-state index contributed by atoms with van der Waals surface area (Å²) in [4.78, 5) is 23.4. The van der Waals surface area contributed by atoms with E-state index in [4.69, 9.17) is 0 Å². The Balaban J connectivity index is 1.99. The van der Waals surface area contributed by atoms with E-state index in [0.717, 1.165) is 12.1 Å². The van der Waals surface area contributed by atoms with Crippen LogP contribution < -0.4 is 5.32 Å². The molecule has 1 aromatic heterocycles. The van der Waals surface area contributed by atoms with Crippen molar-refractivity contribution >= 4 is 17.6 Å². The lowest BCUT2D eigenvalue weighted by atomic mass is 9.96. The summed E-state index contributed by atoms with van der Waals surface area (Å²) in [6.45, 7) is 4.68. The summed E-state index contributed by atoms with van der Waals surface area (Å²) in [5.41, 5.74) is -1.05. The second-order valence-corrected chi connectivity index (χ2v) is 6.81. The molecule has 0 bridgehead atoms. The van der Waals surface area contributed by atoms with Crippen LogP contribution in [0, 0.1) is 0 Å². The summed E-state index contributed by atoms with van der Waals surface area (Å²) in [7, 11) is 0.